The smallest absolute Gasteiger partial charge is 0.227 e. The molecule has 1 saturated heterocycles. The molecule has 0 aromatic heterocycles. The number of carbonyl (C=O) groups is 1. The van der Waals surface area contributed by atoms with Crippen molar-refractivity contribution in [2.24, 2.45) is 17.8 Å². The summed E-state index contributed by atoms with van der Waals surface area (Å²) in [5.74, 6) is 4.53. The van der Waals surface area contributed by atoms with E-state index in [1.807, 2.05) is 0 Å². The van der Waals surface area contributed by atoms with E-state index >= 15 is 0 Å². The first-order valence-corrected chi connectivity index (χ1v) is 11.2. The van der Waals surface area contributed by atoms with Crippen molar-refractivity contribution in [2.45, 2.75) is 50.0 Å². The van der Waals surface area contributed by atoms with Crippen molar-refractivity contribution in [2.75, 3.05) is 16.8 Å². The maximum atomic E-state index is 12.9. The number of carbonyl (C=O) groups excluding carboxylic acids is 1. The van der Waals surface area contributed by atoms with Gasteiger partial charge in [-0.2, -0.15) is 0 Å². The van der Waals surface area contributed by atoms with Crippen LogP contribution in [0.25, 0.3) is 0 Å². The first kappa shape index (κ1) is 16.8. The van der Waals surface area contributed by atoms with Crippen LogP contribution in [0.1, 0.15) is 43.2 Å². The van der Waals surface area contributed by atoms with Gasteiger partial charge in [0, 0.05) is 23.1 Å². The minimum atomic E-state index is 0.202. The molecule has 3 aliphatic rings. The Morgan fingerprint density at radius 2 is 1.79 bits per heavy atom. The predicted molar refractivity (Wildman–Crippen MR) is 106 cm³/mol. The standard InChI is InChI=1S/C20H27NOS2/c1-13-6-7-14(2)18(10-13)21-19(22)15-11-16-4-3-5-17(12-15)20(16)23-8-9-24-20/h6-7,10,15-17H,3-5,8-9,11-12H2,1-2H3,(H,21,22)/t16-,17-/m1/s1. The zero-order valence-corrected chi connectivity index (χ0v) is 16.3. The number of rotatable bonds is 2. The van der Waals surface area contributed by atoms with E-state index in [4.69, 9.17) is 0 Å². The van der Waals surface area contributed by atoms with E-state index in [0.29, 0.717) is 4.08 Å². The van der Waals surface area contributed by atoms with Gasteiger partial charge >= 0.3 is 0 Å². The maximum absolute atomic E-state index is 12.9. The Balaban J connectivity index is 1.50. The van der Waals surface area contributed by atoms with Crippen LogP contribution in [0.15, 0.2) is 18.2 Å². The summed E-state index contributed by atoms with van der Waals surface area (Å²) in [5.41, 5.74) is 3.35. The largest absolute Gasteiger partial charge is 0.326 e. The van der Waals surface area contributed by atoms with Crippen LogP contribution in [-0.4, -0.2) is 21.5 Å². The van der Waals surface area contributed by atoms with Crippen molar-refractivity contribution in [1.82, 2.24) is 0 Å². The highest BCUT2D eigenvalue weighted by Crippen LogP contribution is 2.64. The molecule has 1 heterocycles. The van der Waals surface area contributed by atoms with Gasteiger partial charge in [0.15, 0.2) is 0 Å². The van der Waals surface area contributed by atoms with Crippen LogP contribution in [0.3, 0.4) is 0 Å². The van der Waals surface area contributed by atoms with Crippen LogP contribution in [0.4, 0.5) is 5.69 Å². The van der Waals surface area contributed by atoms with Gasteiger partial charge in [0.05, 0.1) is 4.08 Å². The average Bonchev–Trinajstić information content (AvgIpc) is 3.00. The number of anilines is 1. The van der Waals surface area contributed by atoms with Gasteiger partial charge in [-0.15, -0.1) is 23.5 Å². The monoisotopic (exact) mass is 361 g/mol. The molecule has 2 atom stereocenters. The quantitative estimate of drug-likeness (QED) is 0.780. The third-order valence-corrected chi connectivity index (χ3v) is 10.2. The van der Waals surface area contributed by atoms with Crippen molar-refractivity contribution in [3.63, 3.8) is 0 Å². The highest BCUT2D eigenvalue weighted by Gasteiger charge is 2.55. The number of nitrogens with one attached hydrogen (secondary N) is 1. The lowest BCUT2D eigenvalue weighted by Crippen LogP contribution is -2.48. The van der Waals surface area contributed by atoms with Gasteiger partial charge in [-0.1, -0.05) is 18.6 Å². The van der Waals surface area contributed by atoms with Gasteiger partial charge < -0.3 is 5.32 Å². The fourth-order valence-corrected chi connectivity index (χ4v) is 8.87. The van der Waals surface area contributed by atoms with Crippen molar-refractivity contribution in [3.8, 4) is 0 Å². The van der Waals surface area contributed by atoms with E-state index in [0.717, 1.165) is 35.9 Å². The topological polar surface area (TPSA) is 29.1 Å². The van der Waals surface area contributed by atoms with Gasteiger partial charge in [0.25, 0.3) is 0 Å². The second kappa shape index (κ2) is 6.60. The SMILES string of the molecule is Cc1ccc(C)c(NC(=O)C2C[C@H]3CCC[C@H](C2)C32SCCS2)c1. The van der Waals surface area contributed by atoms with Crippen LogP contribution in [0.2, 0.25) is 0 Å². The van der Waals surface area contributed by atoms with Gasteiger partial charge in [-0.3, -0.25) is 4.79 Å². The fourth-order valence-electron chi connectivity index (χ4n) is 4.93. The number of aryl methyl sites for hydroxylation is 2. The Kier molecular flexibility index (Phi) is 4.63. The molecule has 1 spiro atoms. The van der Waals surface area contributed by atoms with E-state index in [1.165, 1.54) is 36.3 Å². The molecule has 1 aliphatic heterocycles. The number of hydrogen-bond donors (Lipinski definition) is 1. The molecule has 1 aromatic rings. The Morgan fingerprint density at radius 3 is 2.46 bits per heavy atom. The molecular weight excluding hydrogens is 334 g/mol. The molecule has 4 rings (SSSR count). The van der Waals surface area contributed by atoms with Crippen molar-refractivity contribution >= 4 is 35.1 Å². The van der Waals surface area contributed by atoms with Crippen LogP contribution >= 0.6 is 23.5 Å². The minimum Gasteiger partial charge on any atom is -0.326 e. The highest BCUT2D eigenvalue weighted by molar-refractivity contribution is 8.21. The molecule has 1 aromatic carbocycles. The summed E-state index contributed by atoms with van der Waals surface area (Å²) in [7, 11) is 0. The van der Waals surface area contributed by atoms with E-state index in [1.54, 1.807) is 0 Å². The fraction of sp³-hybridized carbons (Fsp3) is 0.650. The van der Waals surface area contributed by atoms with Crippen LogP contribution in [0, 0.1) is 31.6 Å². The Hall–Kier alpha value is -0.610. The van der Waals surface area contributed by atoms with E-state index in [2.05, 4.69) is 60.9 Å². The first-order valence-electron chi connectivity index (χ1n) is 9.24. The van der Waals surface area contributed by atoms with Crippen LogP contribution in [-0.2, 0) is 4.79 Å². The number of hydrogen-bond acceptors (Lipinski definition) is 3. The molecule has 1 N–H and O–H groups in total. The van der Waals surface area contributed by atoms with Gasteiger partial charge in [0.2, 0.25) is 5.91 Å². The summed E-state index contributed by atoms with van der Waals surface area (Å²) < 4.78 is 0.453. The highest BCUT2D eigenvalue weighted by atomic mass is 32.2. The summed E-state index contributed by atoms with van der Waals surface area (Å²) in [6.07, 6.45) is 6.19. The zero-order chi connectivity index (χ0) is 16.7. The molecule has 2 bridgehead atoms. The van der Waals surface area contributed by atoms with Gasteiger partial charge in [0.1, 0.15) is 0 Å². The summed E-state index contributed by atoms with van der Waals surface area (Å²) in [5, 5.41) is 3.24. The molecule has 0 radical (unpaired) electrons. The predicted octanol–water partition coefficient (Wildman–Crippen LogP) is 5.24. The Bertz CT molecular complexity index is 623. The first-order chi connectivity index (χ1) is 11.6. The molecule has 2 aliphatic carbocycles. The number of thioether (sulfide) groups is 2. The molecule has 130 valence electrons. The second-order valence-electron chi connectivity index (χ2n) is 7.72. The Morgan fingerprint density at radius 1 is 1.12 bits per heavy atom. The van der Waals surface area contributed by atoms with E-state index in [-0.39, 0.29) is 11.8 Å². The van der Waals surface area contributed by atoms with E-state index in [9.17, 15) is 4.79 Å². The molecule has 2 saturated carbocycles. The molecule has 2 nitrogen and oxygen atoms in total. The lowest BCUT2D eigenvalue weighted by molar-refractivity contribution is -0.122. The maximum Gasteiger partial charge on any atom is 0.227 e. The average molecular weight is 362 g/mol. The van der Waals surface area contributed by atoms with Crippen LogP contribution in [0.5, 0.6) is 0 Å². The summed E-state index contributed by atoms with van der Waals surface area (Å²) in [6.45, 7) is 4.16. The number of benzene rings is 1. The third-order valence-electron chi connectivity index (χ3n) is 6.14. The second-order valence-corrected chi connectivity index (χ2v) is 10.7. The normalized spacial score (nSPS) is 31.2. The summed E-state index contributed by atoms with van der Waals surface area (Å²) in [4.78, 5) is 12.9. The molecule has 0 unspecified atom stereocenters. The Labute approximate surface area is 153 Å². The lowest BCUT2D eigenvalue weighted by Gasteiger charge is -2.52. The number of amides is 1. The molecule has 24 heavy (non-hydrogen) atoms. The van der Waals surface area contributed by atoms with Crippen molar-refractivity contribution in [3.05, 3.63) is 29.3 Å². The molecule has 1 amide bonds. The van der Waals surface area contributed by atoms with Gasteiger partial charge in [-0.25, -0.2) is 0 Å². The zero-order valence-electron chi connectivity index (χ0n) is 14.6. The van der Waals surface area contributed by atoms with Gasteiger partial charge in [-0.05, 0) is 68.6 Å². The van der Waals surface area contributed by atoms with Crippen LogP contribution < -0.4 is 5.32 Å². The molecular formula is C20H27NOS2. The van der Waals surface area contributed by atoms with Crippen molar-refractivity contribution in [1.29, 1.82) is 0 Å². The summed E-state index contributed by atoms with van der Waals surface area (Å²) >= 11 is 4.42. The van der Waals surface area contributed by atoms with Crippen molar-refractivity contribution < 1.29 is 4.79 Å². The molecule has 4 heteroatoms. The van der Waals surface area contributed by atoms with E-state index < -0.39 is 0 Å². The lowest BCUT2D eigenvalue weighted by atomic mass is 9.67. The summed E-state index contributed by atoms with van der Waals surface area (Å²) in [6, 6.07) is 6.30. The molecule has 3 fully saturated rings. The minimum absolute atomic E-state index is 0.202. The third kappa shape index (κ3) is 2.90.